The van der Waals surface area contributed by atoms with Crippen LogP contribution in [0.1, 0.15) is 35.9 Å². The average molecular weight is 254 g/mol. The zero-order chi connectivity index (χ0) is 13.2. The van der Waals surface area contributed by atoms with Crippen molar-refractivity contribution in [2.24, 2.45) is 0 Å². The predicted octanol–water partition coefficient (Wildman–Crippen LogP) is 3.28. The lowest BCUT2D eigenvalue weighted by Crippen LogP contribution is -2.31. The van der Waals surface area contributed by atoms with Gasteiger partial charge in [0.2, 0.25) is 0 Å². The van der Waals surface area contributed by atoms with Crippen LogP contribution in [0.3, 0.4) is 0 Å². The van der Waals surface area contributed by atoms with Crippen molar-refractivity contribution < 1.29 is 13.2 Å². The molecular weight excluding hydrogens is 241 g/mol. The molecule has 0 aromatic heterocycles. The van der Waals surface area contributed by atoms with E-state index in [-0.39, 0.29) is 0 Å². The molecule has 1 aromatic rings. The third kappa shape index (κ3) is 3.47. The maximum atomic E-state index is 12.1. The Bertz CT molecular complexity index is 441. The van der Waals surface area contributed by atoms with E-state index in [1.165, 1.54) is 18.4 Å². The van der Waals surface area contributed by atoms with Gasteiger partial charge in [-0.05, 0) is 29.9 Å². The van der Waals surface area contributed by atoms with Crippen LogP contribution in [0.5, 0.6) is 0 Å². The minimum absolute atomic E-state index is 0.575. The zero-order valence-corrected chi connectivity index (χ0v) is 9.67. The lowest BCUT2D eigenvalue weighted by atomic mass is 10.0. The molecule has 2 nitrogen and oxygen atoms in total. The van der Waals surface area contributed by atoms with Crippen molar-refractivity contribution in [3.63, 3.8) is 0 Å². The van der Waals surface area contributed by atoms with Crippen molar-refractivity contribution in [3.05, 3.63) is 35.4 Å². The lowest BCUT2D eigenvalue weighted by molar-refractivity contribution is -0.125. The van der Waals surface area contributed by atoms with E-state index in [4.69, 9.17) is 5.26 Å². The number of rotatable bonds is 4. The summed E-state index contributed by atoms with van der Waals surface area (Å²) in [6.45, 7) is -1.16. The zero-order valence-electron chi connectivity index (χ0n) is 9.67. The Morgan fingerprint density at radius 3 is 2.33 bits per heavy atom. The molecule has 0 radical (unpaired) electrons. The minimum atomic E-state index is -4.30. The summed E-state index contributed by atoms with van der Waals surface area (Å²) in [5.41, 5.74) is 1.78. The van der Waals surface area contributed by atoms with Gasteiger partial charge in [0.1, 0.15) is 6.04 Å². The van der Waals surface area contributed by atoms with Gasteiger partial charge >= 0.3 is 6.18 Å². The number of halogens is 3. The van der Waals surface area contributed by atoms with Crippen molar-refractivity contribution in [2.45, 2.75) is 31.0 Å². The molecule has 0 bridgehead atoms. The normalized spacial score (nSPS) is 17.2. The fourth-order valence-electron chi connectivity index (χ4n) is 1.83. The van der Waals surface area contributed by atoms with Gasteiger partial charge in [-0.2, -0.15) is 18.4 Å². The number of nitrogens with zero attached hydrogens (tertiary/aromatic N) is 1. The fraction of sp³-hybridized carbons (Fsp3) is 0.462. The summed E-state index contributed by atoms with van der Waals surface area (Å²) in [6.07, 6.45) is -1.95. The first kappa shape index (κ1) is 12.9. The monoisotopic (exact) mass is 254 g/mol. The fourth-order valence-corrected chi connectivity index (χ4v) is 1.83. The highest BCUT2D eigenvalue weighted by atomic mass is 19.4. The molecule has 2 rings (SSSR count). The van der Waals surface area contributed by atoms with Gasteiger partial charge in [-0.25, -0.2) is 0 Å². The van der Waals surface area contributed by atoms with Crippen LogP contribution < -0.4 is 5.32 Å². The van der Waals surface area contributed by atoms with Gasteiger partial charge in [0, 0.05) is 0 Å². The molecule has 0 saturated heterocycles. The number of hydrogen-bond acceptors (Lipinski definition) is 2. The maximum absolute atomic E-state index is 12.1. The van der Waals surface area contributed by atoms with Gasteiger partial charge in [-0.3, -0.25) is 5.32 Å². The Morgan fingerprint density at radius 1 is 1.28 bits per heavy atom. The van der Waals surface area contributed by atoms with E-state index in [0.29, 0.717) is 11.5 Å². The lowest BCUT2D eigenvalue weighted by Gasteiger charge is -2.14. The molecule has 0 amide bonds. The second kappa shape index (κ2) is 4.99. The number of alkyl halides is 3. The van der Waals surface area contributed by atoms with Crippen LogP contribution in [0, 0.1) is 11.3 Å². The highest BCUT2D eigenvalue weighted by Gasteiger charge is 2.28. The van der Waals surface area contributed by atoms with Gasteiger partial charge in [0.05, 0.1) is 12.6 Å². The predicted molar refractivity (Wildman–Crippen MR) is 60.8 cm³/mol. The highest BCUT2D eigenvalue weighted by molar-refractivity contribution is 5.31. The molecule has 1 aliphatic rings. The number of benzene rings is 1. The summed E-state index contributed by atoms with van der Waals surface area (Å²) in [7, 11) is 0. The second-order valence-electron chi connectivity index (χ2n) is 4.50. The second-order valence-corrected chi connectivity index (χ2v) is 4.50. The molecule has 1 aliphatic carbocycles. The Labute approximate surface area is 103 Å². The SMILES string of the molecule is N#CC(NCC(F)(F)F)c1ccc(C2CC2)cc1. The maximum Gasteiger partial charge on any atom is 0.401 e. The van der Waals surface area contributed by atoms with Gasteiger partial charge in [0.15, 0.2) is 0 Å². The van der Waals surface area contributed by atoms with Gasteiger partial charge < -0.3 is 0 Å². The first-order valence-corrected chi connectivity index (χ1v) is 5.79. The number of hydrogen-bond donors (Lipinski definition) is 1. The standard InChI is InChI=1S/C13H13F3N2/c14-13(15,16)8-18-12(7-17)11-5-3-10(4-6-11)9-1-2-9/h3-6,9,12,18H,1-2,8H2. The summed E-state index contributed by atoms with van der Waals surface area (Å²) < 4.78 is 36.2. The summed E-state index contributed by atoms with van der Waals surface area (Å²) >= 11 is 0. The first-order valence-electron chi connectivity index (χ1n) is 5.79. The van der Waals surface area contributed by atoms with E-state index in [2.05, 4.69) is 5.32 Å². The third-order valence-electron chi connectivity index (χ3n) is 2.95. The molecule has 5 heteroatoms. The van der Waals surface area contributed by atoms with Crippen molar-refractivity contribution in [3.8, 4) is 6.07 Å². The molecule has 1 saturated carbocycles. The average Bonchev–Trinajstić information content (AvgIpc) is 3.13. The molecule has 0 aliphatic heterocycles. The van der Waals surface area contributed by atoms with Crippen molar-refractivity contribution in [1.82, 2.24) is 5.32 Å². The first-order chi connectivity index (χ1) is 8.49. The number of nitriles is 1. The molecule has 18 heavy (non-hydrogen) atoms. The summed E-state index contributed by atoms with van der Waals surface area (Å²) in [5, 5.41) is 11.1. The molecule has 1 fully saturated rings. The topological polar surface area (TPSA) is 35.8 Å². The van der Waals surface area contributed by atoms with Gasteiger partial charge in [-0.1, -0.05) is 24.3 Å². The Kier molecular flexibility index (Phi) is 3.58. The van der Waals surface area contributed by atoms with E-state index in [1.54, 1.807) is 12.1 Å². The van der Waals surface area contributed by atoms with Gasteiger partial charge in [0.25, 0.3) is 0 Å². The van der Waals surface area contributed by atoms with Crippen molar-refractivity contribution in [2.75, 3.05) is 6.54 Å². The van der Waals surface area contributed by atoms with E-state index in [0.717, 1.165) is 0 Å². The van der Waals surface area contributed by atoms with Crippen LogP contribution in [0.25, 0.3) is 0 Å². The van der Waals surface area contributed by atoms with Crippen LogP contribution in [0.2, 0.25) is 0 Å². The quantitative estimate of drug-likeness (QED) is 0.895. The molecule has 1 aromatic carbocycles. The van der Waals surface area contributed by atoms with E-state index < -0.39 is 18.8 Å². The molecular formula is C13H13F3N2. The molecule has 96 valence electrons. The largest absolute Gasteiger partial charge is 0.401 e. The van der Waals surface area contributed by atoms with Crippen LogP contribution >= 0.6 is 0 Å². The summed E-state index contributed by atoms with van der Waals surface area (Å²) in [6, 6.07) is 8.17. The molecule has 1 unspecified atom stereocenters. The van der Waals surface area contributed by atoms with E-state index in [1.807, 2.05) is 18.2 Å². The van der Waals surface area contributed by atoms with E-state index >= 15 is 0 Å². The minimum Gasteiger partial charge on any atom is -0.290 e. The summed E-state index contributed by atoms with van der Waals surface area (Å²) in [4.78, 5) is 0. The van der Waals surface area contributed by atoms with Crippen LogP contribution in [0.15, 0.2) is 24.3 Å². The Morgan fingerprint density at radius 2 is 1.89 bits per heavy atom. The highest BCUT2D eigenvalue weighted by Crippen LogP contribution is 2.40. The van der Waals surface area contributed by atoms with E-state index in [9.17, 15) is 13.2 Å². The molecule has 0 spiro atoms. The Balaban J connectivity index is 2.01. The van der Waals surface area contributed by atoms with Crippen LogP contribution in [0.4, 0.5) is 13.2 Å². The molecule has 1 atom stereocenters. The smallest absolute Gasteiger partial charge is 0.290 e. The number of nitrogens with one attached hydrogen (secondary N) is 1. The van der Waals surface area contributed by atoms with Crippen LogP contribution in [-0.4, -0.2) is 12.7 Å². The molecule has 1 N–H and O–H groups in total. The third-order valence-corrected chi connectivity index (χ3v) is 2.95. The Hall–Kier alpha value is -1.54. The summed E-state index contributed by atoms with van der Waals surface area (Å²) in [5.74, 6) is 0.600. The molecule has 0 heterocycles. The van der Waals surface area contributed by atoms with Crippen molar-refractivity contribution in [1.29, 1.82) is 5.26 Å². The van der Waals surface area contributed by atoms with Crippen molar-refractivity contribution >= 4 is 0 Å². The van der Waals surface area contributed by atoms with Crippen LogP contribution in [-0.2, 0) is 0 Å². The van der Waals surface area contributed by atoms with Gasteiger partial charge in [-0.15, -0.1) is 0 Å².